The van der Waals surface area contributed by atoms with Crippen molar-refractivity contribution in [2.75, 3.05) is 24.5 Å². The van der Waals surface area contributed by atoms with E-state index in [0.717, 1.165) is 11.3 Å². The molecule has 0 bridgehead atoms. The van der Waals surface area contributed by atoms with Crippen molar-refractivity contribution >= 4 is 17.7 Å². The molecule has 2 rings (SSSR count). The maximum absolute atomic E-state index is 12.0. The number of esters is 1. The van der Waals surface area contributed by atoms with Gasteiger partial charge in [0.1, 0.15) is 5.60 Å². The first-order valence-electron chi connectivity index (χ1n) is 9.93. The lowest BCUT2D eigenvalue weighted by atomic mass is 9.80. The first kappa shape index (κ1) is 22.5. The van der Waals surface area contributed by atoms with Crippen molar-refractivity contribution in [1.29, 1.82) is 5.26 Å². The summed E-state index contributed by atoms with van der Waals surface area (Å²) in [6, 6.07) is 10.2. The van der Waals surface area contributed by atoms with Crippen molar-refractivity contribution in [2.45, 2.75) is 64.5 Å². The van der Waals surface area contributed by atoms with Gasteiger partial charge >= 0.3 is 12.1 Å². The molecule has 2 atom stereocenters. The highest BCUT2D eigenvalue weighted by atomic mass is 16.6. The lowest BCUT2D eigenvalue weighted by molar-refractivity contribution is -0.155. The van der Waals surface area contributed by atoms with Crippen molar-refractivity contribution < 1.29 is 19.4 Å². The lowest BCUT2D eigenvalue weighted by Crippen LogP contribution is -2.53. The normalized spacial score (nSPS) is 19.2. The Bertz CT molecular complexity index is 779. The molecule has 1 aliphatic heterocycles. The van der Waals surface area contributed by atoms with Gasteiger partial charge in [0.05, 0.1) is 11.5 Å². The van der Waals surface area contributed by atoms with E-state index in [9.17, 15) is 14.9 Å². The van der Waals surface area contributed by atoms with Gasteiger partial charge in [-0.2, -0.15) is 5.26 Å². The van der Waals surface area contributed by atoms with Crippen molar-refractivity contribution in [3.8, 4) is 6.07 Å². The van der Waals surface area contributed by atoms with Crippen LogP contribution in [-0.2, 0) is 14.9 Å². The maximum atomic E-state index is 12.0. The predicted molar refractivity (Wildman–Crippen MR) is 111 cm³/mol. The molecule has 0 saturated carbocycles. The molecule has 1 aromatic carbocycles. The molecular weight excluding hydrogens is 370 g/mol. The third kappa shape index (κ3) is 5.86. The Morgan fingerprint density at radius 2 is 1.83 bits per heavy atom. The molecule has 1 aliphatic rings. The smallest absolute Gasteiger partial charge is 0.407 e. The average molecular weight is 402 g/mol. The lowest BCUT2D eigenvalue weighted by Gasteiger charge is -2.40. The number of ether oxygens (including phenoxy) is 1. The van der Waals surface area contributed by atoms with Crippen molar-refractivity contribution in [1.82, 2.24) is 4.90 Å². The summed E-state index contributed by atoms with van der Waals surface area (Å²) in [7, 11) is 0. The van der Waals surface area contributed by atoms with Crippen LogP contribution in [0.2, 0.25) is 0 Å². The highest BCUT2D eigenvalue weighted by molar-refractivity contribution is 5.70. The van der Waals surface area contributed by atoms with E-state index in [1.165, 1.54) is 4.90 Å². The largest absolute Gasteiger partial charge is 0.465 e. The van der Waals surface area contributed by atoms with Crippen LogP contribution < -0.4 is 4.90 Å². The van der Waals surface area contributed by atoms with Gasteiger partial charge in [-0.1, -0.05) is 12.1 Å². The number of rotatable bonds is 5. The predicted octanol–water partition coefficient (Wildman–Crippen LogP) is 3.78. The Kier molecular flexibility index (Phi) is 6.78. The van der Waals surface area contributed by atoms with Crippen molar-refractivity contribution in [2.24, 2.45) is 0 Å². The number of piperazine rings is 1. The van der Waals surface area contributed by atoms with Gasteiger partial charge in [0.2, 0.25) is 0 Å². The van der Waals surface area contributed by atoms with E-state index in [0.29, 0.717) is 26.1 Å². The van der Waals surface area contributed by atoms with Crippen LogP contribution in [0.4, 0.5) is 10.5 Å². The van der Waals surface area contributed by atoms with Crippen LogP contribution in [0.1, 0.15) is 53.0 Å². The van der Waals surface area contributed by atoms with Gasteiger partial charge in [-0.15, -0.1) is 0 Å². The SMILES string of the molecule is C[C@H]1CN(C(=O)O)CCN1c1ccc(C(C)(C#N)CCC(=O)OC(C)(C)C)cc1. The van der Waals surface area contributed by atoms with E-state index < -0.39 is 17.1 Å². The molecule has 1 heterocycles. The minimum Gasteiger partial charge on any atom is -0.465 e. The van der Waals surface area contributed by atoms with Gasteiger partial charge in [0.25, 0.3) is 0 Å². The first-order valence-corrected chi connectivity index (χ1v) is 9.93. The molecule has 7 heteroatoms. The van der Waals surface area contributed by atoms with Gasteiger partial charge in [-0.05, 0) is 58.7 Å². The summed E-state index contributed by atoms with van der Waals surface area (Å²) in [5, 5.41) is 18.9. The Morgan fingerprint density at radius 3 is 2.31 bits per heavy atom. The number of carbonyl (C=O) groups is 2. The second kappa shape index (κ2) is 8.73. The highest BCUT2D eigenvalue weighted by Gasteiger charge is 2.30. The van der Waals surface area contributed by atoms with Crippen LogP contribution in [-0.4, -0.2) is 53.3 Å². The van der Waals surface area contributed by atoms with Gasteiger partial charge in [-0.25, -0.2) is 4.79 Å². The van der Waals surface area contributed by atoms with Crippen LogP contribution in [0.25, 0.3) is 0 Å². The monoisotopic (exact) mass is 401 g/mol. The number of nitriles is 1. The molecule has 0 aliphatic carbocycles. The van der Waals surface area contributed by atoms with E-state index in [-0.39, 0.29) is 18.4 Å². The Labute approximate surface area is 172 Å². The van der Waals surface area contributed by atoms with Crippen LogP contribution in [0, 0.1) is 11.3 Å². The van der Waals surface area contributed by atoms with Gasteiger partial charge in [0.15, 0.2) is 0 Å². The number of hydrogen-bond acceptors (Lipinski definition) is 5. The minimum absolute atomic E-state index is 0.0696. The number of anilines is 1. The summed E-state index contributed by atoms with van der Waals surface area (Å²) in [5.41, 5.74) is 0.523. The summed E-state index contributed by atoms with van der Waals surface area (Å²) in [4.78, 5) is 26.8. The first-order chi connectivity index (χ1) is 13.4. The number of nitrogens with zero attached hydrogens (tertiary/aromatic N) is 3. The summed E-state index contributed by atoms with van der Waals surface area (Å²) in [6.45, 7) is 10.9. The topological polar surface area (TPSA) is 93.9 Å². The molecule has 29 heavy (non-hydrogen) atoms. The number of carbonyl (C=O) groups excluding carboxylic acids is 1. The number of carboxylic acid groups (broad SMARTS) is 1. The molecule has 1 aromatic rings. The van der Waals surface area contributed by atoms with Crippen LogP contribution in [0.3, 0.4) is 0 Å². The average Bonchev–Trinajstić information content (AvgIpc) is 2.65. The molecule has 7 nitrogen and oxygen atoms in total. The minimum atomic E-state index is -0.887. The molecule has 1 unspecified atom stereocenters. The molecular formula is C22H31N3O4. The fourth-order valence-corrected chi connectivity index (χ4v) is 3.55. The second-order valence-corrected chi connectivity index (χ2v) is 8.85. The molecule has 0 aromatic heterocycles. The zero-order valence-electron chi connectivity index (χ0n) is 17.9. The maximum Gasteiger partial charge on any atom is 0.407 e. The molecule has 0 spiro atoms. The van der Waals surface area contributed by atoms with Gasteiger partial charge in [-0.3, -0.25) is 4.79 Å². The highest BCUT2D eigenvalue weighted by Crippen LogP contribution is 2.31. The zero-order chi connectivity index (χ0) is 21.8. The summed E-state index contributed by atoms with van der Waals surface area (Å²) < 4.78 is 5.35. The Balaban J connectivity index is 2.06. The van der Waals surface area contributed by atoms with Crippen LogP contribution in [0.5, 0.6) is 0 Å². The summed E-state index contributed by atoms with van der Waals surface area (Å²) in [6.07, 6.45) is -0.329. The molecule has 1 saturated heterocycles. The fraction of sp³-hybridized carbons (Fsp3) is 0.591. The van der Waals surface area contributed by atoms with Gasteiger partial charge < -0.3 is 19.6 Å². The fourth-order valence-electron chi connectivity index (χ4n) is 3.55. The second-order valence-electron chi connectivity index (χ2n) is 8.85. The van der Waals surface area contributed by atoms with E-state index >= 15 is 0 Å². The van der Waals surface area contributed by atoms with E-state index in [1.54, 1.807) is 0 Å². The number of amides is 1. The van der Waals surface area contributed by atoms with E-state index in [4.69, 9.17) is 9.84 Å². The summed E-state index contributed by atoms with van der Waals surface area (Å²) in [5.74, 6) is -0.305. The zero-order valence-corrected chi connectivity index (χ0v) is 17.9. The third-order valence-electron chi connectivity index (χ3n) is 5.23. The molecule has 1 N–H and O–H groups in total. The standard InChI is InChI=1S/C22H31N3O4/c1-16-14-24(20(27)28)12-13-25(16)18-8-6-17(7-9-18)22(5,15-23)11-10-19(26)29-21(2,3)4/h6-9,16H,10-14H2,1-5H3,(H,27,28)/t16-,22?/m0/s1. The molecule has 1 fully saturated rings. The Morgan fingerprint density at radius 1 is 1.21 bits per heavy atom. The molecule has 158 valence electrons. The third-order valence-corrected chi connectivity index (χ3v) is 5.23. The van der Waals surface area contributed by atoms with E-state index in [1.807, 2.05) is 58.9 Å². The van der Waals surface area contributed by atoms with Crippen molar-refractivity contribution in [3.05, 3.63) is 29.8 Å². The Hall–Kier alpha value is -2.75. The van der Waals surface area contributed by atoms with Crippen molar-refractivity contribution in [3.63, 3.8) is 0 Å². The molecule has 1 amide bonds. The number of hydrogen-bond donors (Lipinski definition) is 1. The summed E-state index contributed by atoms with van der Waals surface area (Å²) >= 11 is 0. The van der Waals surface area contributed by atoms with Crippen LogP contribution >= 0.6 is 0 Å². The number of benzene rings is 1. The van der Waals surface area contributed by atoms with Gasteiger partial charge in [0, 0.05) is 37.8 Å². The van der Waals surface area contributed by atoms with Crippen LogP contribution in [0.15, 0.2) is 24.3 Å². The molecule has 0 radical (unpaired) electrons. The van der Waals surface area contributed by atoms with E-state index in [2.05, 4.69) is 11.0 Å². The quantitative estimate of drug-likeness (QED) is 0.755.